The summed E-state index contributed by atoms with van der Waals surface area (Å²) in [7, 11) is -1.30. The van der Waals surface area contributed by atoms with Crippen LogP contribution in [0, 0.1) is 0 Å². The van der Waals surface area contributed by atoms with E-state index in [-0.39, 0.29) is 30.2 Å². The molecular weight excluding hydrogens is 385 g/mol. The predicted octanol–water partition coefficient (Wildman–Crippen LogP) is 2.80. The third kappa shape index (κ3) is 3.57. The van der Waals surface area contributed by atoms with Gasteiger partial charge in [-0.1, -0.05) is 66.7 Å². The summed E-state index contributed by atoms with van der Waals surface area (Å²) in [6, 6.07) is 24.0. The van der Waals surface area contributed by atoms with Gasteiger partial charge in [0.25, 0.3) is 0 Å². The Morgan fingerprint density at radius 1 is 0.759 bits per heavy atom. The molecule has 0 aromatic heterocycles. The molecule has 0 unspecified atom stereocenters. The van der Waals surface area contributed by atoms with Gasteiger partial charge in [-0.15, -0.1) is 0 Å². The van der Waals surface area contributed by atoms with E-state index in [0.717, 1.165) is 15.5 Å². The second kappa shape index (κ2) is 7.98. The standard InChI is InChI=1S/C23H18NO4P/c25-20-14-15-21(26)24(20)19-13-7-12-18(23(27)28)22(19)29(16-8-3-1-4-9-16)17-10-5-2-6-11-17/h1-13H,14-15H2,(H,27,28). The molecule has 29 heavy (non-hydrogen) atoms. The number of amides is 2. The fourth-order valence-corrected chi connectivity index (χ4v) is 6.10. The zero-order chi connectivity index (χ0) is 20.4. The fourth-order valence-electron chi connectivity index (χ4n) is 3.53. The lowest BCUT2D eigenvalue weighted by molar-refractivity contribution is -0.121. The Labute approximate surface area is 169 Å². The highest BCUT2D eigenvalue weighted by Gasteiger charge is 2.35. The van der Waals surface area contributed by atoms with Crippen LogP contribution in [0.3, 0.4) is 0 Å². The van der Waals surface area contributed by atoms with E-state index in [0.29, 0.717) is 11.0 Å². The largest absolute Gasteiger partial charge is 0.478 e. The third-order valence-corrected chi connectivity index (χ3v) is 7.34. The number of carboxylic acid groups (broad SMARTS) is 1. The highest BCUT2D eigenvalue weighted by Crippen LogP contribution is 2.39. The molecule has 0 atom stereocenters. The number of hydrogen-bond donors (Lipinski definition) is 1. The van der Waals surface area contributed by atoms with Crippen LogP contribution in [0.25, 0.3) is 0 Å². The van der Waals surface area contributed by atoms with Gasteiger partial charge >= 0.3 is 5.97 Å². The lowest BCUT2D eigenvalue weighted by atomic mass is 10.2. The lowest BCUT2D eigenvalue weighted by Crippen LogP contribution is -2.36. The number of carbonyl (C=O) groups is 3. The fraction of sp³-hybridized carbons (Fsp3) is 0.0870. The number of carboxylic acids is 1. The molecule has 144 valence electrons. The van der Waals surface area contributed by atoms with Crippen LogP contribution in [0.4, 0.5) is 5.69 Å². The second-order valence-corrected chi connectivity index (χ2v) is 8.76. The number of rotatable bonds is 5. The Bertz CT molecular complexity index is 1030. The number of aromatic carboxylic acids is 1. The maximum absolute atomic E-state index is 12.5. The number of hydrogen-bond acceptors (Lipinski definition) is 3. The minimum atomic E-state index is -1.30. The minimum Gasteiger partial charge on any atom is -0.478 e. The molecule has 1 N–H and O–H groups in total. The first-order valence-electron chi connectivity index (χ1n) is 9.20. The molecule has 1 aliphatic heterocycles. The van der Waals surface area contributed by atoms with Crippen molar-refractivity contribution < 1.29 is 19.5 Å². The first kappa shape index (κ1) is 19.0. The van der Waals surface area contributed by atoms with E-state index < -0.39 is 13.9 Å². The molecule has 0 radical (unpaired) electrons. The van der Waals surface area contributed by atoms with E-state index in [2.05, 4.69) is 0 Å². The van der Waals surface area contributed by atoms with Gasteiger partial charge < -0.3 is 5.11 Å². The van der Waals surface area contributed by atoms with Gasteiger partial charge in [0.1, 0.15) is 0 Å². The monoisotopic (exact) mass is 403 g/mol. The van der Waals surface area contributed by atoms with Crippen molar-refractivity contribution in [3.8, 4) is 0 Å². The van der Waals surface area contributed by atoms with Crippen molar-refractivity contribution in [1.82, 2.24) is 0 Å². The van der Waals surface area contributed by atoms with Crippen molar-refractivity contribution in [2.75, 3.05) is 4.90 Å². The van der Waals surface area contributed by atoms with E-state index in [4.69, 9.17) is 0 Å². The van der Waals surface area contributed by atoms with Crippen LogP contribution in [0.15, 0.2) is 78.9 Å². The Balaban J connectivity index is 2.03. The molecule has 2 amide bonds. The van der Waals surface area contributed by atoms with Gasteiger partial charge in [-0.3, -0.25) is 9.59 Å². The quantitative estimate of drug-likeness (QED) is 0.525. The number of benzene rings is 3. The molecule has 0 saturated carbocycles. The zero-order valence-electron chi connectivity index (χ0n) is 15.5. The molecule has 5 nitrogen and oxygen atoms in total. The van der Waals surface area contributed by atoms with Gasteiger partial charge in [0.2, 0.25) is 11.8 Å². The Morgan fingerprint density at radius 2 is 1.28 bits per heavy atom. The van der Waals surface area contributed by atoms with Gasteiger partial charge in [-0.2, -0.15) is 0 Å². The van der Waals surface area contributed by atoms with Crippen LogP contribution in [0.1, 0.15) is 23.2 Å². The molecule has 0 aliphatic carbocycles. The van der Waals surface area contributed by atoms with E-state index in [1.807, 2.05) is 60.7 Å². The highest BCUT2D eigenvalue weighted by molar-refractivity contribution is 7.80. The van der Waals surface area contributed by atoms with E-state index >= 15 is 0 Å². The number of carbonyl (C=O) groups excluding carboxylic acids is 2. The molecule has 3 aromatic carbocycles. The van der Waals surface area contributed by atoms with Crippen LogP contribution in [0.5, 0.6) is 0 Å². The average Bonchev–Trinajstić information content (AvgIpc) is 3.08. The van der Waals surface area contributed by atoms with Gasteiger partial charge in [-0.25, -0.2) is 9.69 Å². The molecule has 4 rings (SSSR count). The lowest BCUT2D eigenvalue weighted by Gasteiger charge is -2.27. The van der Waals surface area contributed by atoms with Crippen LogP contribution in [-0.4, -0.2) is 22.9 Å². The smallest absolute Gasteiger partial charge is 0.336 e. The topological polar surface area (TPSA) is 74.7 Å². The van der Waals surface area contributed by atoms with Crippen molar-refractivity contribution in [1.29, 1.82) is 0 Å². The molecule has 3 aromatic rings. The molecule has 1 aliphatic rings. The second-order valence-electron chi connectivity index (χ2n) is 6.61. The average molecular weight is 403 g/mol. The van der Waals surface area contributed by atoms with E-state index in [1.165, 1.54) is 6.07 Å². The summed E-state index contributed by atoms with van der Waals surface area (Å²) in [4.78, 5) is 38.3. The normalized spacial score (nSPS) is 13.9. The predicted molar refractivity (Wildman–Crippen MR) is 114 cm³/mol. The van der Waals surface area contributed by atoms with Crippen molar-refractivity contribution in [3.05, 3.63) is 84.4 Å². The van der Waals surface area contributed by atoms with Gasteiger partial charge in [0.15, 0.2) is 0 Å². The molecule has 1 saturated heterocycles. The molecule has 0 spiro atoms. The molecular formula is C23H18NO4P. The summed E-state index contributed by atoms with van der Waals surface area (Å²) >= 11 is 0. The summed E-state index contributed by atoms with van der Waals surface area (Å²) in [6.45, 7) is 0. The Hall–Kier alpha value is -3.30. The third-order valence-electron chi connectivity index (χ3n) is 4.79. The number of nitrogens with zero attached hydrogens (tertiary/aromatic N) is 1. The minimum absolute atomic E-state index is 0.105. The van der Waals surface area contributed by atoms with Gasteiger partial charge in [0.05, 0.1) is 11.3 Å². The van der Waals surface area contributed by atoms with Crippen LogP contribution in [0.2, 0.25) is 0 Å². The van der Waals surface area contributed by atoms with E-state index in [1.54, 1.807) is 12.1 Å². The first-order chi connectivity index (χ1) is 14.1. The van der Waals surface area contributed by atoms with E-state index in [9.17, 15) is 19.5 Å². The van der Waals surface area contributed by atoms with Gasteiger partial charge in [-0.05, 0) is 30.7 Å². The zero-order valence-corrected chi connectivity index (χ0v) is 16.4. The van der Waals surface area contributed by atoms with Crippen LogP contribution < -0.4 is 20.8 Å². The van der Waals surface area contributed by atoms with Crippen LogP contribution in [-0.2, 0) is 9.59 Å². The summed E-state index contributed by atoms with van der Waals surface area (Å²) in [5.74, 6) is -1.68. The Morgan fingerprint density at radius 3 is 1.76 bits per heavy atom. The summed E-state index contributed by atoms with van der Waals surface area (Å²) in [5, 5.41) is 12.3. The maximum atomic E-state index is 12.5. The first-order valence-corrected chi connectivity index (χ1v) is 10.5. The van der Waals surface area contributed by atoms with Crippen molar-refractivity contribution in [2.24, 2.45) is 0 Å². The SMILES string of the molecule is O=C(O)c1cccc(N2C(=O)CCC2=O)c1P(c1ccccc1)c1ccccc1. The van der Waals surface area contributed by atoms with Crippen molar-refractivity contribution in [2.45, 2.75) is 12.8 Å². The summed E-state index contributed by atoms with van der Waals surface area (Å²) in [6.07, 6.45) is 0.286. The summed E-state index contributed by atoms with van der Waals surface area (Å²) < 4.78 is 0. The van der Waals surface area contributed by atoms with Gasteiger partial charge in [0, 0.05) is 18.1 Å². The number of anilines is 1. The summed E-state index contributed by atoms with van der Waals surface area (Å²) in [5.41, 5.74) is 0.477. The van der Waals surface area contributed by atoms with Crippen molar-refractivity contribution >= 4 is 47.3 Å². The molecule has 6 heteroatoms. The molecule has 1 heterocycles. The maximum Gasteiger partial charge on any atom is 0.336 e. The van der Waals surface area contributed by atoms with Crippen molar-refractivity contribution in [3.63, 3.8) is 0 Å². The Kier molecular flexibility index (Phi) is 5.24. The number of imide groups is 1. The van der Waals surface area contributed by atoms with Crippen LogP contribution >= 0.6 is 7.92 Å². The molecule has 0 bridgehead atoms. The molecule has 1 fully saturated rings. The highest BCUT2D eigenvalue weighted by atomic mass is 31.1.